The standard InChI is InChI=1S/C34H49NO7/c1-29(2)23-10-13-33(6)27(32(23,5)12-11-24(29)42-26(39)9-8-25(37)38)22(36)18-20-21-19-31(4,28(40)41-7)15-14-30(21,3)16-17-34(20,33)35/h8-9,18,21,23-24,27H,10-17,19,35H2,1-7H3,(H,37,38)/b9-8-/t21-,23-,24-,27+,30+,31-,32-,33+,34-/m0/s1. The van der Waals surface area contributed by atoms with Crippen molar-refractivity contribution in [3.8, 4) is 0 Å². The van der Waals surface area contributed by atoms with E-state index in [0.717, 1.165) is 56.3 Å². The highest BCUT2D eigenvalue weighted by Gasteiger charge is 2.71. The fraction of sp³-hybridized carbons (Fsp3) is 0.765. The summed E-state index contributed by atoms with van der Waals surface area (Å²) in [6, 6.07) is 0. The zero-order chi connectivity index (χ0) is 31.1. The largest absolute Gasteiger partial charge is 0.478 e. The van der Waals surface area contributed by atoms with E-state index in [1.807, 2.05) is 13.0 Å². The van der Waals surface area contributed by atoms with E-state index in [9.17, 15) is 19.2 Å². The molecule has 232 valence electrons. The first-order chi connectivity index (χ1) is 19.4. The molecule has 3 N–H and O–H groups in total. The number of ether oxygens (including phenoxy) is 2. The van der Waals surface area contributed by atoms with Gasteiger partial charge in [0.25, 0.3) is 0 Å². The molecule has 5 aliphatic carbocycles. The average Bonchev–Trinajstić information content (AvgIpc) is 2.90. The Morgan fingerprint density at radius 1 is 0.952 bits per heavy atom. The van der Waals surface area contributed by atoms with Gasteiger partial charge < -0.3 is 20.3 Å². The first-order valence-corrected chi connectivity index (χ1v) is 15.6. The lowest BCUT2D eigenvalue weighted by Gasteiger charge is -2.70. The second-order valence-corrected chi connectivity index (χ2v) is 15.8. The number of nitrogens with two attached hydrogens (primary N) is 1. The van der Waals surface area contributed by atoms with E-state index < -0.39 is 33.7 Å². The number of ketones is 1. The lowest BCUT2D eigenvalue weighted by Crippen LogP contribution is -2.72. The summed E-state index contributed by atoms with van der Waals surface area (Å²) in [5, 5.41) is 8.90. The molecular weight excluding hydrogens is 534 g/mol. The summed E-state index contributed by atoms with van der Waals surface area (Å²) in [7, 11) is 1.45. The number of hydrogen-bond acceptors (Lipinski definition) is 7. The van der Waals surface area contributed by atoms with E-state index in [2.05, 4.69) is 34.6 Å². The van der Waals surface area contributed by atoms with Gasteiger partial charge in [0.15, 0.2) is 5.78 Å². The molecule has 5 rings (SSSR count). The summed E-state index contributed by atoms with van der Waals surface area (Å²) in [5.41, 5.74) is 6.22. The van der Waals surface area contributed by atoms with Crippen LogP contribution in [0.3, 0.4) is 0 Å². The van der Waals surface area contributed by atoms with Crippen molar-refractivity contribution in [2.75, 3.05) is 7.11 Å². The van der Waals surface area contributed by atoms with Gasteiger partial charge in [-0.3, -0.25) is 9.59 Å². The molecule has 9 atom stereocenters. The van der Waals surface area contributed by atoms with E-state index in [-0.39, 0.29) is 46.4 Å². The van der Waals surface area contributed by atoms with Crippen molar-refractivity contribution >= 4 is 23.7 Å². The van der Waals surface area contributed by atoms with Crippen LogP contribution < -0.4 is 5.73 Å². The van der Waals surface area contributed by atoms with E-state index in [1.165, 1.54) is 7.11 Å². The van der Waals surface area contributed by atoms with Crippen LogP contribution in [0.25, 0.3) is 0 Å². The number of carbonyl (C=O) groups is 4. The molecule has 5 aliphatic rings. The van der Waals surface area contributed by atoms with Crippen LogP contribution >= 0.6 is 0 Å². The third-order valence-corrected chi connectivity index (χ3v) is 13.3. The summed E-state index contributed by atoms with van der Waals surface area (Å²) in [6.07, 6.45) is 10.3. The molecule has 4 fully saturated rings. The summed E-state index contributed by atoms with van der Waals surface area (Å²) >= 11 is 0. The third kappa shape index (κ3) is 4.25. The number of allylic oxidation sites excluding steroid dienone is 1. The van der Waals surface area contributed by atoms with Crippen molar-refractivity contribution in [3.63, 3.8) is 0 Å². The van der Waals surface area contributed by atoms with Crippen molar-refractivity contribution in [2.24, 2.45) is 50.6 Å². The van der Waals surface area contributed by atoms with E-state index >= 15 is 0 Å². The van der Waals surface area contributed by atoms with Crippen molar-refractivity contribution < 1.29 is 33.8 Å². The highest BCUT2D eigenvalue weighted by atomic mass is 16.5. The van der Waals surface area contributed by atoms with E-state index in [0.29, 0.717) is 19.3 Å². The Morgan fingerprint density at radius 3 is 2.26 bits per heavy atom. The summed E-state index contributed by atoms with van der Waals surface area (Å²) in [6.45, 7) is 13.0. The van der Waals surface area contributed by atoms with Gasteiger partial charge in [0.1, 0.15) is 6.10 Å². The molecule has 0 amide bonds. The normalized spacial score (nSPS) is 45.9. The molecule has 0 radical (unpaired) electrons. The number of hydrogen-bond donors (Lipinski definition) is 2. The highest BCUT2D eigenvalue weighted by molar-refractivity contribution is 5.96. The van der Waals surface area contributed by atoms with Gasteiger partial charge in [0, 0.05) is 29.0 Å². The molecule has 0 aromatic carbocycles. The minimum atomic E-state index is -1.20. The monoisotopic (exact) mass is 583 g/mol. The van der Waals surface area contributed by atoms with Crippen molar-refractivity contribution in [1.82, 2.24) is 0 Å². The van der Waals surface area contributed by atoms with Crippen LogP contribution in [-0.4, -0.2) is 47.6 Å². The molecule has 0 aromatic heterocycles. The van der Waals surface area contributed by atoms with Gasteiger partial charge in [-0.15, -0.1) is 0 Å². The molecular formula is C34H49NO7. The van der Waals surface area contributed by atoms with Crippen LogP contribution in [0.5, 0.6) is 0 Å². The Kier molecular flexibility index (Phi) is 7.20. The number of esters is 2. The average molecular weight is 584 g/mol. The molecule has 42 heavy (non-hydrogen) atoms. The summed E-state index contributed by atoms with van der Waals surface area (Å²) < 4.78 is 11.0. The van der Waals surface area contributed by atoms with Gasteiger partial charge in [0.2, 0.25) is 0 Å². The van der Waals surface area contributed by atoms with Crippen molar-refractivity contribution in [2.45, 2.75) is 111 Å². The maximum Gasteiger partial charge on any atom is 0.331 e. The minimum Gasteiger partial charge on any atom is -0.478 e. The molecule has 0 unspecified atom stereocenters. The number of carboxylic acids is 1. The molecule has 8 nitrogen and oxygen atoms in total. The zero-order valence-electron chi connectivity index (χ0n) is 26.4. The van der Waals surface area contributed by atoms with Crippen LogP contribution in [0.4, 0.5) is 0 Å². The predicted octanol–water partition coefficient (Wildman–Crippen LogP) is 5.38. The number of aliphatic carboxylic acids is 1. The van der Waals surface area contributed by atoms with Crippen LogP contribution in [0.1, 0.15) is 99.3 Å². The van der Waals surface area contributed by atoms with Gasteiger partial charge in [0.05, 0.1) is 12.5 Å². The smallest absolute Gasteiger partial charge is 0.331 e. The fourth-order valence-electron chi connectivity index (χ4n) is 10.8. The zero-order valence-corrected chi connectivity index (χ0v) is 26.4. The number of carbonyl (C=O) groups excluding carboxylic acids is 3. The minimum absolute atomic E-state index is 0.00811. The van der Waals surface area contributed by atoms with Crippen LogP contribution in [0.2, 0.25) is 0 Å². The van der Waals surface area contributed by atoms with Gasteiger partial charge in [-0.05, 0) is 104 Å². The second kappa shape index (κ2) is 9.76. The molecule has 8 heteroatoms. The Labute approximate surface area is 249 Å². The molecule has 0 aromatic rings. The van der Waals surface area contributed by atoms with E-state index in [4.69, 9.17) is 20.3 Å². The van der Waals surface area contributed by atoms with Gasteiger partial charge in [-0.25, -0.2) is 9.59 Å². The Bertz CT molecular complexity index is 1270. The highest BCUT2D eigenvalue weighted by Crippen LogP contribution is 2.72. The molecule has 0 bridgehead atoms. The fourth-order valence-corrected chi connectivity index (χ4v) is 10.8. The predicted molar refractivity (Wildman–Crippen MR) is 157 cm³/mol. The second-order valence-electron chi connectivity index (χ2n) is 15.8. The maximum atomic E-state index is 14.5. The Morgan fingerprint density at radius 2 is 1.62 bits per heavy atom. The molecule has 0 aliphatic heterocycles. The molecule has 0 heterocycles. The van der Waals surface area contributed by atoms with Gasteiger partial charge in [-0.2, -0.15) is 0 Å². The van der Waals surface area contributed by atoms with Crippen LogP contribution in [0, 0.1) is 44.8 Å². The number of methoxy groups -OCH3 is 1. The summed E-state index contributed by atoms with van der Waals surface area (Å²) in [5.74, 6) is -1.99. The quantitative estimate of drug-likeness (QED) is 0.333. The molecule has 4 saturated carbocycles. The molecule has 0 spiro atoms. The van der Waals surface area contributed by atoms with E-state index in [1.54, 1.807) is 0 Å². The number of fused-ring (bicyclic) bond motifs is 7. The third-order valence-electron chi connectivity index (χ3n) is 13.3. The SMILES string of the molecule is COC(=O)[C@@]1(C)CC[C@]2(C)CC[C@]3(N)C(=CC(=O)[C@@H]4[C@@]5(C)CC[C@H](OC(=O)/C=C\C(=O)O)C(C)(C)[C@@H]5CC[C@]43C)[C@@H]2C1. The first-order valence-electron chi connectivity index (χ1n) is 15.6. The van der Waals surface area contributed by atoms with Crippen LogP contribution in [-0.2, 0) is 28.7 Å². The Hall–Kier alpha value is -2.48. The maximum absolute atomic E-state index is 14.5. The number of rotatable bonds is 4. The summed E-state index contributed by atoms with van der Waals surface area (Å²) in [4.78, 5) is 50.7. The lowest BCUT2D eigenvalue weighted by molar-refractivity contribution is -0.201. The molecule has 0 saturated heterocycles. The topological polar surface area (TPSA) is 133 Å². The van der Waals surface area contributed by atoms with Crippen LogP contribution in [0.15, 0.2) is 23.8 Å². The Balaban J connectivity index is 1.50. The van der Waals surface area contributed by atoms with Gasteiger partial charge >= 0.3 is 17.9 Å². The van der Waals surface area contributed by atoms with Gasteiger partial charge in [-0.1, -0.05) is 34.6 Å². The number of carboxylic acid groups (broad SMARTS) is 1. The van der Waals surface area contributed by atoms with Crippen molar-refractivity contribution in [3.05, 3.63) is 23.8 Å². The lowest BCUT2D eigenvalue weighted by atomic mass is 9.35. The van der Waals surface area contributed by atoms with Crippen molar-refractivity contribution in [1.29, 1.82) is 0 Å². The first kappa shape index (κ1) is 31.0.